The summed E-state index contributed by atoms with van der Waals surface area (Å²) in [5.74, 6) is -3.06. The number of ether oxygens (including phenoxy) is 6. The number of fused-ring (bicyclic) bond motifs is 1. The van der Waals surface area contributed by atoms with Crippen LogP contribution in [0.4, 0.5) is 0 Å². The molecule has 1 saturated heterocycles. The van der Waals surface area contributed by atoms with Gasteiger partial charge in [0.25, 0.3) is 0 Å². The fraction of sp³-hybridized carbons (Fsp3) is 0.515. The molecule has 5 rings (SSSR count). The van der Waals surface area contributed by atoms with Crippen LogP contribution in [0, 0.1) is 11.3 Å². The van der Waals surface area contributed by atoms with E-state index in [-0.39, 0.29) is 6.42 Å². The van der Waals surface area contributed by atoms with E-state index in [1.165, 1.54) is 27.7 Å². The van der Waals surface area contributed by atoms with E-state index in [2.05, 4.69) is 0 Å². The van der Waals surface area contributed by atoms with Gasteiger partial charge in [-0.15, -0.1) is 0 Å². The van der Waals surface area contributed by atoms with Crippen molar-refractivity contribution in [3.8, 4) is 11.5 Å². The Morgan fingerprint density at radius 1 is 0.818 bits per heavy atom. The number of hydrogen-bond acceptors (Lipinski definition) is 11. The second-order valence-electron chi connectivity index (χ2n) is 12.5. The molecule has 2 aromatic rings. The molecule has 1 spiro atoms. The van der Waals surface area contributed by atoms with Crippen molar-refractivity contribution >= 4 is 23.7 Å². The van der Waals surface area contributed by atoms with Crippen molar-refractivity contribution in [3.05, 3.63) is 60.7 Å². The predicted octanol–water partition coefficient (Wildman–Crippen LogP) is 3.20. The first-order valence-electron chi connectivity index (χ1n) is 14.5. The fourth-order valence-electron chi connectivity index (χ4n) is 7.62. The number of para-hydroxylation sites is 2. The molecule has 3 fully saturated rings. The Bertz CT molecular complexity index is 1420. The van der Waals surface area contributed by atoms with Crippen molar-refractivity contribution in [2.75, 3.05) is 6.61 Å². The number of esters is 3. The average Bonchev–Trinajstić information content (AvgIpc) is 3.14. The first-order chi connectivity index (χ1) is 20.7. The lowest BCUT2D eigenvalue weighted by molar-refractivity contribution is -0.344. The van der Waals surface area contributed by atoms with Gasteiger partial charge in [-0.05, 0) is 45.0 Å². The summed E-state index contributed by atoms with van der Waals surface area (Å²) in [4.78, 5) is 52.6. The summed E-state index contributed by atoms with van der Waals surface area (Å²) in [7, 11) is 0. The number of hydrogen-bond donors (Lipinski definition) is 1. The summed E-state index contributed by atoms with van der Waals surface area (Å²) in [5.41, 5.74) is -7.19. The standard InChI is InChI=1S/C33H38O11/c1-19(34)39-18-32-27(42-22-13-9-7-10-14-22)24(40-20(2)35)17-31(6,38)33(32)28(41-21(3)36)25(30(4,5)44-33)26(37)29(32)43-23-15-11-8-12-16-23/h7-16,24-25,27-29,38H,17-18H2,1-6H3/t24-,25+,27-,28+,29+,31-,32-,33-/m0/s1. The molecule has 44 heavy (non-hydrogen) atoms. The van der Waals surface area contributed by atoms with Gasteiger partial charge < -0.3 is 33.5 Å². The van der Waals surface area contributed by atoms with Crippen LogP contribution >= 0.6 is 0 Å². The van der Waals surface area contributed by atoms with Crippen LogP contribution in [-0.2, 0) is 38.1 Å². The Kier molecular flexibility index (Phi) is 8.00. The molecule has 2 bridgehead atoms. The SMILES string of the molecule is CC(=O)OC[C@]12[C@H](Oc3ccccc3)C(=O)[C@@H]3[C@@H](OC(C)=O)[C@]1(OC3(C)C)[C@@](C)(O)C[C@H](OC(C)=O)[C@@H]2Oc1ccccc1. The Labute approximate surface area is 255 Å². The second kappa shape index (κ2) is 11.2. The number of rotatable bonds is 8. The van der Waals surface area contributed by atoms with Crippen molar-refractivity contribution in [2.24, 2.45) is 11.3 Å². The minimum absolute atomic E-state index is 0.237. The van der Waals surface area contributed by atoms with Crippen LogP contribution in [0.2, 0.25) is 0 Å². The maximum Gasteiger partial charge on any atom is 0.303 e. The van der Waals surface area contributed by atoms with Gasteiger partial charge in [0, 0.05) is 27.2 Å². The van der Waals surface area contributed by atoms with Crippen molar-refractivity contribution in [1.82, 2.24) is 0 Å². The molecule has 0 amide bonds. The zero-order chi connectivity index (χ0) is 32.1. The van der Waals surface area contributed by atoms with Gasteiger partial charge in [0.05, 0.1) is 17.1 Å². The van der Waals surface area contributed by atoms with Gasteiger partial charge in [-0.2, -0.15) is 0 Å². The van der Waals surface area contributed by atoms with E-state index in [1.54, 1.807) is 74.5 Å². The van der Waals surface area contributed by atoms with Gasteiger partial charge in [0.2, 0.25) is 0 Å². The van der Waals surface area contributed by atoms with E-state index in [4.69, 9.17) is 28.4 Å². The van der Waals surface area contributed by atoms with Crippen molar-refractivity contribution < 1.29 is 52.7 Å². The first kappa shape index (κ1) is 31.5. The van der Waals surface area contributed by atoms with Crippen LogP contribution in [0.15, 0.2) is 60.7 Å². The van der Waals surface area contributed by atoms with Gasteiger partial charge in [0.15, 0.2) is 23.6 Å². The Morgan fingerprint density at radius 2 is 1.36 bits per heavy atom. The van der Waals surface area contributed by atoms with Crippen molar-refractivity contribution in [2.45, 2.75) is 89.2 Å². The molecule has 0 unspecified atom stereocenters. The molecule has 0 radical (unpaired) electrons. The predicted molar refractivity (Wildman–Crippen MR) is 154 cm³/mol. The van der Waals surface area contributed by atoms with E-state index in [9.17, 15) is 24.3 Å². The van der Waals surface area contributed by atoms with E-state index in [0.29, 0.717) is 11.5 Å². The third kappa shape index (κ3) is 4.92. The zero-order valence-electron chi connectivity index (χ0n) is 25.6. The number of aliphatic hydroxyl groups is 1. The molecule has 1 heterocycles. The monoisotopic (exact) mass is 610 g/mol. The Balaban J connectivity index is 1.88. The summed E-state index contributed by atoms with van der Waals surface area (Å²) < 4.78 is 37.4. The largest absolute Gasteiger partial charge is 0.486 e. The molecule has 1 N–H and O–H groups in total. The highest BCUT2D eigenvalue weighted by Gasteiger charge is 2.88. The van der Waals surface area contributed by atoms with Gasteiger partial charge in [-0.1, -0.05) is 36.4 Å². The summed E-state index contributed by atoms with van der Waals surface area (Å²) in [5, 5.41) is 12.6. The van der Waals surface area contributed by atoms with Gasteiger partial charge in [-0.25, -0.2) is 0 Å². The van der Waals surface area contributed by atoms with Crippen molar-refractivity contribution in [1.29, 1.82) is 0 Å². The summed E-state index contributed by atoms with van der Waals surface area (Å²) in [6.45, 7) is 7.84. The van der Waals surface area contributed by atoms with E-state index in [0.717, 1.165) is 0 Å². The quantitative estimate of drug-likeness (QED) is 0.348. The highest BCUT2D eigenvalue weighted by atomic mass is 16.6. The van der Waals surface area contributed by atoms with Crippen LogP contribution in [0.1, 0.15) is 48.0 Å². The van der Waals surface area contributed by atoms with Crippen LogP contribution < -0.4 is 9.47 Å². The molecule has 11 heteroatoms. The average molecular weight is 611 g/mol. The summed E-state index contributed by atoms with van der Waals surface area (Å²) >= 11 is 0. The lowest BCUT2D eigenvalue weighted by atomic mass is 9.46. The first-order valence-corrected chi connectivity index (χ1v) is 14.5. The number of benzene rings is 2. The topological polar surface area (TPSA) is 144 Å². The lowest BCUT2D eigenvalue weighted by Crippen LogP contribution is -2.85. The smallest absolute Gasteiger partial charge is 0.303 e. The minimum atomic E-state index is -1.97. The number of Topliss-reactive ketones (excluding diaryl/α,β-unsaturated/α-hetero) is 1. The third-order valence-corrected chi connectivity index (χ3v) is 8.97. The number of carbonyl (C=O) groups is 4. The van der Waals surface area contributed by atoms with E-state index < -0.39 is 82.8 Å². The molecule has 236 valence electrons. The molecular weight excluding hydrogens is 572 g/mol. The van der Waals surface area contributed by atoms with Crippen molar-refractivity contribution in [3.63, 3.8) is 0 Å². The molecule has 2 saturated carbocycles. The van der Waals surface area contributed by atoms with E-state index >= 15 is 0 Å². The van der Waals surface area contributed by atoms with Crippen LogP contribution in [0.3, 0.4) is 0 Å². The van der Waals surface area contributed by atoms with E-state index in [1.807, 2.05) is 0 Å². The fourth-order valence-corrected chi connectivity index (χ4v) is 7.62. The van der Waals surface area contributed by atoms with Gasteiger partial charge >= 0.3 is 17.9 Å². The zero-order valence-corrected chi connectivity index (χ0v) is 25.6. The molecule has 8 atom stereocenters. The van der Waals surface area contributed by atoms with Gasteiger partial charge in [-0.3, -0.25) is 19.2 Å². The Morgan fingerprint density at radius 3 is 1.89 bits per heavy atom. The highest BCUT2D eigenvalue weighted by molar-refractivity contribution is 5.92. The molecule has 11 nitrogen and oxygen atoms in total. The van der Waals surface area contributed by atoms with Crippen LogP contribution in [0.5, 0.6) is 11.5 Å². The highest BCUT2D eigenvalue weighted by Crippen LogP contribution is 2.68. The van der Waals surface area contributed by atoms with Crippen LogP contribution in [-0.4, -0.2) is 76.6 Å². The van der Waals surface area contributed by atoms with Crippen LogP contribution in [0.25, 0.3) is 0 Å². The molecule has 0 aromatic heterocycles. The van der Waals surface area contributed by atoms with Gasteiger partial charge in [0.1, 0.15) is 35.7 Å². The summed E-state index contributed by atoms with van der Waals surface area (Å²) in [6, 6.07) is 17.2. The maximum atomic E-state index is 14.9. The molecule has 1 aliphatic heterocycles. The molecular formula is C33H38O11. The number of carbonyl (C=O) groups excluding carboxylic acids is 4. The molecule has 3 aliphatic rings. The third-order valence-electron chi connectivity index (χ3n) is 8.97. The minimum Gasteiger partial charge on any atom is -0.486 e. The molecule has 2 aromatic carbocycles. The normalized spacial score (nSPS) is 35.2. The maximum absolute atomic E-state index is 14.9. The Hall–Kier alpha value is -3.96. The number of ketones is 1. The summed E-state index contributed by atoms with van der Waals surface area (Å²) in [6.07, 6.45) is -5.61. The molecule has 2 aliphatic carbocycles. The second-order valence-corrected chi connectivity index (χ2v) is 12.5. The lowest BCUT2D eigenvalue weighted by Gasteiger charge is -2.65.